The van der Waals surface area contributed by atoms with Crippen molar-refractivity contribution in [1.29, 1.82) is 0 Å². The molecular weight excluding hydrogens is 252 g/mol. The first-order chi connectivity index (χ1) is 9.79. The first-order valence-electron chi connectivity index (χ1n) is 7.29. The summed E-state index contributed by atoms with van der Waals surface area (Å²) < 4.78 is 0. The average Bonchev–Trinajstić information content (AvgIpc) is 2.81. The summed E-state index contributed by atoms with van der Waals surface area (Å²) in [4.78, 5) is 11.8. The van der Waals surface area contributed by atoms with Crippen LogP contribution in [-0.2, 0) is 0 Å². The third kappa shape index (κ3) is 1.98. The molecular formula is C15H18N4O. The van der Waals surface area contributed by atoms with Crippen LogP contribution in [0.3, 0.4) is 0 Å². The highest BCUT2D eigenvalue weighted by atomic mass is 16.1. The van der Waals surface area contributed by atoms with Crippen molar-refractivity contribution in [3.8, 4) is 0 Å². The summed E-state index contributed by atoms with van der Waals surface area (Å²) in [6.45, 7) is 0. The molecule has 20 heavy (non-hydrogen) atoms. The Morgan fingerprint density at radius 1 is 1.10 bits per heavy atom. The van der Waals surface area contributed by atoms with Crippen LogP contribution in [0.2, 0.25) is 0 Å². The molecule has 104 valence electrons. The van der Waals surface area contributed by atoms with Gasteiger partial charge in [0.05, 0.1) is 5.39 Å². The van der Waals surface area contributed by atoms with Gasteiger partial charge in [-0.05, 0) is 31.7 Å². The van der Waals surface area contributed by atoms with Gasteiger partial charge < -0.3 is 10.6 Å². The van der Waals surface area contributed by atoms with Gasteiger partial charge in [0.15, 0.2) is 5.82 Å². The topological polar surface area (TPSA) is 69.8 Å². The maximum absolute atomic E-state index is 11.8. The minimum atomic E-state index is -0.128. The molecule has 1 aromatic heterocycles. The molecule has 5 heteroatoms. The molecule has 2 aliphatic rings. The second-order valence-corrected chi connectivity index (χ2v) is 5.90. The summed E-state index contributed by atoms with van der Waals surface area (Å²) in [7, 11) is 0. The summed E-state index contributed by atoms with van der Waals surface area (Å²) in [5.74, 6) is 0.798. The Morgan fingerprint density at radius 2 is 1.80 bits per heavy atom. The zero-order chi connectivity index (χ0) is 13.5. The molecule has 0 amide bonds. The summed E-state index contributed by atoms with van der Waals surface area (Å²) in [6, 6.07) is 9.34. The Kier molecular flexibility index (Phi) is 2.73. The molecule has 2 bridgehead atoms. The van der Waals surface area contributed by atoms with E-state index < -0.39 is 0 Å². The van der Waals surface area contributed by atoms with Crippen LogP contribution in [0.1, 0.15) is 25.7 Å². The largest absolute Gasteiger partial charge is 0.365 e. The maximum Gasteiger partial charge on any atom is 0.272 e. The smallest absolute Gasteiger partial charge is 0.272 e. The number of hydrogen-bond donors (Lipinski definition) is 3. The van der Waals surface area contributed by atoms with Crippen molar-refractivity contribution in [3.63, 3.8) is 0 Å². The number of anilines is 1. The third-order valence-electron chi connectivity index (χ3n) is 4.51. The van der Waals surface area contributed by atoms with Crippen LogP contribution in [0, 0.1) is 0 Å². The van der Waals surface area contributed by atoms with E-state index in [0.717, 1.165) is 24.0 Å². The van der Waals surface area contributed by atoms with E-state index in [0.29, 0.717) is 23.5 Å². The molecule has 2 fully saturated rings. The molecule has 3 N–H and O–H groups in total. The first-order valence-corrected chi connectivity index (χ1v) is 7.29. The van der Waals surface area contributed by atoms with Crippen molar-refractivity contribution >= 4 is 16.6 Å². The molecule has 4 rings (SSSR count). The monoisotopic (exact) mass is 270 g/mol. The van der Waals surface area contributed by atoms with Gasteiger partial charge in [0.1, 0.15) is 0 Å². The lowest BCUT2D eigenvalue weighted by atomic mass is 9.99. The van der Waals surface area contributed by atoms with Crippen molar-refractivity contribution in [3.05, 3.63) is 34.6 Å². The van der Waals surface area contributed by atoms with Gasteiger partial charge in [-0.25, -0.2) is 5.10 Å². The number of fused-ring (bicyclic) bond motifs is 3. The third-order valence-corrected chi connectivity index (χ3v) is 4.51. The number of benzene rings is 1. The van der Waals surface area contributed by atoms with Gasteiger partial charge in [0, 0.05) is 23.5 Å². The van der Waals surface area contributed by atoms with Crippen molar-refractivity contribution in [2.24, 2.45) is 0 Å². The van der Waals surface area contributed by atoms with Crippen LogP contribution in [-0.4, -0.2) is 28.3 Å². The molecule has 0 saturated carbocycles. The van der Waals surface area contributed by atoms with Gasteiger partial charge in [-0.2, -0.15) is 5.10 Å². The highest BCUT2D eigenvalue weighted by Crippen LogP contribution is 2.29. The predicted molar refractivity (Wildman–Crippen MR) is 79.0 cm³/mol. The first kappa shape index (κ1) is 11.9. The molecule has 2 aromatic rings. The fraction of sp³-hybridized carbons (Fsp3) is 0.467. The molecule has 0 radical (unpaired) electrons. The van der Waals surface area contributed by atoms with Gasteiger partial charge in [-0.1, -0.05) is 18.2 Å². The molecule has 2 saturated heterocycles. The Labute approximate surface area is 116 Å². The van der Waals surface area contributed by atoms with E-state index in [9.17, 15) is 4.79 Å². The number of H-pyrrole nitrogens is 1. The number of piperidine rings is 1. The number of rotatable bonds is 2. The highest BCUT2D eigenvalue weighted by Gasteiger charge is 2.33. The number of nitrogens with one attached hydrogen (secondary N) is 3. The minimum Gasteiger partial charge on any atom is -0.365 e. The lowest BCUT2D eigenvalue weighted by molar-refractivity contribution is 0.377. The van der Waals surface area contributed by atoms with Crippen LogP contribution in [0.15, 0.2) is 29.1 Å². The number of aromatic amines is 1. The van der Waals surface area contributed by atoms with Crippen molar-refractivity contribution in [2.75, 3.05) is 5.32 Å². The SMILES string of the molecule is O=c1[nH]nc(NC2CC3CCC(C2)N3)c2ccccc12. The van der Waals surface area contributed by atoms with Crippen molar-refractivity contribution in [1.82, 2.24) is 15.5 Å². The van der Waals surface area contributed by atoms with E-state index in [1.54, 1.807) is 0 Å². The average molecular weight is 270 g/mol. The lowest BCUT2D eigenvalue weighted by Crippen LogP contribution is -2.43. The molecule has 0 spiro atoms. The van der Waals surface area contributed by atoms with E-state index in [-0.39, 0.29) is 5.56 Å². The summed E-state index contributed by atoms with van der Waals surface area (Å²) in [5.41, 5.74) is -0.128. The quantitative estimate of drug-likeness (QED) is 0.775. The van der Waals surface area contributed by atoms with Gasteiger partial charge in [0.25, 0.3) is 5.56 Å². The Hall–Kier alpha value is -1.88. The second-order valence-electron chi connectivity index (χ2n) is 5.90. The fourth-order valence-corrected chi connectivity index (χ4v) is 3.59. The molecule has 5 nitrogen and oxygen atoms in total. The standard InChI is InChI=1S/C15H18N4O/c20-15-13-4-2-1-3-12(13)14(18-19-15)17-11-7-9-5-6-10(8-11)16-9/h1-4,9-11,16H,5-8H2,(H,17,18)(H,19,20). The summed E-state index contributed by atoms with van der Waals surface area (Å²) in [6.07, 6.45) is 4.82. The number of nitrogens with zero attached hydrogens (tertiary/aromatic N) is 1. The van der Waals surface area contributed by atoms with E-state index in [2.05, 4.69) is 20.8 Å². The highest BCUT2D eigenvalue weighted by molar-refractivity contribution is 5.90. The maximum atomic E-state index is 11.8. The predicted octanol–water partition coefficient (Wildman–Crippen LogP) is 1.62. The number of aromatic nitrogens is 2. The second kappa shape index (κ2) is 4.59. The Bertz CT molecular complexity index is 684. The van der Waals surface area contributed by atoms with Gasteiger partial charge >= 0.3 is 0 Å². The molecule has 2 unspecified atom stereocenters. The van der Waals surface area contributed by atoms with Crippen molar-refractivity contribution in [2.45, 2.75) is 43.8 Å². The van der Waals surface area contributed by atoms with Gasteiger partial charge in [-0.3, -0.25) is 4.79 Å². The van der Waals surface area contributed by atoms with E-state index >= 15 is 0 Å². The van der Waals surface area contributed by atoms with Gasteiger partial charge in [-0.15, -0.1) is 0 Å². The molecule has 2 atom stereocenters. The van der Waals surface area contributed by atoms with Crippen LogP contribution >= 0.6 is 0 Å². The van der Waals surface area contributed by atoms with Crippen LogP contribution in [0.5, 0.6) is 0 Å². The summed E-state index contributed by atoms with van der Waals surface area (Å²) in [5, 5.41) is 15.6. The summed E-state index contributed by atoms with van der Waals surface area (Å²) >= 11 is 0. The van der Waals surface area contributed by atoms with Gasteiger partial charge in [0.2, 0.25) is 0 Å². The van der Waals surface area contributed by atoms with E-state index in [1.165, 1.54) is 12.8 Å². The molecule has 0 aliphatic carbocycles. The normalized spacial score (nSPS) is 28.7. The fourth-order valence-electron chi connectivity index (χ4n) is 3.59. The Balaban J connectivity index is 1.66. The Morgan fingerprint density at radius 3 is 2.55 bits per heavy atom. The number of hydrogen-bond acceptors (Lipinski definition) is 4. The minimum absolute atomic E-state index is 0.128. The van der Waals surface area contributed by atoms with Crippen molar-refractivity contribution < 1.29 is 0 Å². The van der Waals surface area contributed by atoms with E-state index in [1.807, 2.05) is 24.3 Å². The van der Waals surface area contributed by atoms with Crippen LogP contribution < -0.4 is 16.2 Å². The molecule has 1 aromatic carbocycles. The zero-order valence-corrected chi connectivity index (χ0v) is 11.2. The molecule has 2 aliphatic heterocycles. The van der Waals surface area contributed by atoms with Crippen LogP contribution in [0.25, 0.3) is 10.8 Å². The molecule has 3 heterocycles. The zero-order valence-electron chi connectivity index (χ0n) is 11.2. The lowest BCUT2D eigenvalue weighted by Gasteiger charge is -2.30. The van der Waals surface area contributed by atoms with E-state index in [4.69, 9.17) is 0 Å². The van der Waals surface area contributed by atoms with Crippen LogP contribution in [0.4, 0.5) is 5.82 Å².